The fourth-order valence-electron chi connectivity index (χ4n) is 1.44. The summed E-state index contributed by atoms with van der Waals surface area (Å²) in [7, 11) is 0. The Hall–Kier alpha value is -2.88. The molecule has 0 aliphatic heterocycles. The summed E-state index contributed by atoms with van der Waals surface area (Å²) >= 11 is 0. The molecular formula is C11H9F2N5O3. The first kappa shape index (κ1) is 14.5. The molecule has 110 valence electrons. The van der Waals surface area contributed by atoms with Gasteiger partial charge in [-0.2, -0.15) is 9.37 Å². The van der Waals surface area contributed by atoms with Crippen LogP contribution in [-0.4, -0.2) is 14.9 Å². The summed E-state index contributed by atoms with van der Waals surface area (Å²) in [5, 5.41) is 10.5. The third-order valence-corrected chi connectivity index (χ3v) is 2.46. The number of hydrazine groups is 1. The van der Waals surface area contributed by atoms with Gasteiger partial charge in [0.05, 0.1) is 11.0 Å². The van der Waals surface area contributed by atoms with Crippen LogP contribution in [0.4, 0.5) is 20.4 Å². The highest BCUT2D eigenvalue weighted by molar-refractivity contribution is 5.42. The molecule has 0 amide bonds. The molecule has 0 atom stereocenters. The van der Waals surface area contributed by atoms with E-state index in [2.05, 4.69) is 15.4 Å². The van der Waals surface area contributed by atoms with Crippen molar-refractivity contribution >= 4 is 11.6 Å². The highest BCUT2D eigenvalue weighted by atomic mass is 19.1. The Morgan fingerprint density at radius 3 is 2.71 bits per heavy atom. The topological polar surface area (TPSA) is 116 Å². The van der Waals surface area contributed by atoms with Gasteiger partial charge >= 0.3 is 5.69 Å². The van der Waals surface area contributed by atoms with Crippen LogP contribution in [0.25, 0.3) is 0 Å². The molecule has 0 fully saturated rings. The maximum atomic E-state index is 13.7. The molecule has 0 aliphatic carbocycles. The molecule has 2 rings (SSSR count). The number of nitrogens with zero attached hydrogens (tertiary/aromatic N) is 3. The first-order valence-corrected chi connectivity index (χ1v) is 5.54. The van der Waals surface area contributed by atoms with E-state index in [0.29, 0.717) is 17.7 Å². The molecule has 2 aromatic rings. The Labute approximate surface area is 116 Å². The molecule has 21 heavy (non-hydrogen) atoms. The van der Waals surface area contributed by atoms with Crippen molar-refractivity contribution < 1.29 is 18.4 Å². The second kappa shape index (κ2) is 5.63. The van der Waals surface area contributed by atoms with Gasteiger partial charge in [0.25, 0.3) is 0 Å². The number of hydrogen-bond donors (Lipinski definition) is 2. The number of rotatable bonds is 4. The summed E-state index contributed by atoms with van der Waals surface area (Å²) < 4.78 is 32.3. The molecule has 1 heterocycles. The van der Waals surface area contributed by atoms with E-state index in [0.717, 1.165) is 0 Å². The lowest BCUT2D eigenvalue weighted by Crippen LogP contribution is -2.11. The van der Waals surface area contributed by atoms with Gasteiger partial charge in [0.15, 0.2) is 11.6 Å². The third-order valence-electron chi connectivity index (χ3n) is 2.46. The van der Waals surface area contributed by atoms with Crippen LogP contribution in [0.5, 0.6) is 11.6 Å². The lowest BCUT2D eigenvalue weighted by molar-refractivity contribution is -0.387. The minimum atomic E-state index is -1.22. The summed E-state index contributed by atoms with van der Waals surface area (Å²) in [5.41, 5.74) is 1.63. The minimum absolute atomic E-state index is 0.0124. The molecule has 0 saturated heterocycles. The number of nitrogens with one attached hydrogen (secondary N) is 1. The average molecular weight is 297 g/mol. The lowest BCUT2D eigenvalue weighted by Gasteiger charge is -2.09. The van der Waals surface area contributed by atoms with E-state index in [4.69, 9.17) is 10.6 Å². The normalized spacial score (nSPS) is 10.3. The van der Waals surface area contributed by atoms with Gasteiger partial charge in [0.2, 0.25) is 17.6 Å². The third kappa shape index (κ3) is 3.00. The van der Waals surface area contributed by atoms with Crippen LogP contribution in [0, 0.1) is 28.7 Å². The number of halogens is 2. The van der Waals surface area contributed by atoms with E-state index in [1.165, 1.54) is 6.20 Å². The maximum absolute atomic E-state index is 13.7. The fraction of sp³-hybridized carbons (Fsp3) is 0.0909. The Bertz CT molecular complexity index is 710. The SMILES string of the molecule is Cc1cnc(NN)nc1Oc1cc(F)c([N+](=O)[O-])cc1F. The molecule has 0 saturated carbocycles. The highest BCUT2D eigenvalue weighted by Gasteiger charge is 2.20. The van der Waals surface area contributed by atoms with E-state index in [1.54, 1.807) is 6.92 Å². The number of anilines is 1. The molecule has 0 radical (unpaired) electrons. The van der Waals surface area contributed by atoms with Crippen molar-refractivity contribution in [2.24, 2.45) is 5.84 Å². The van der Waals surface area contributed by atoms with Gasteiger partial charge in [0, 0.05) is 17.8 Å². The molecule has 0 bridgehead atoms. The molecule has 0 aliphatic rings. The number of nitrogens with two attached hydrogens (primary N) is 1. The predicted octanol–water partition coefficient (Wildman–Crippen LogP) is 2.05. The Morgan fingerprint density at radius 2 is 2.10 bits per heavy atom. The fourth-order valence-corrected chi connectivity index (χ4v) is 1.44. The van der Waals surface area contributed by atoms with Crippen LogP contribution in [0.2, 0.25) is 0 Å². The van der Waals surface area contributed by atoms with E-state index in [-0.39, 0.29) is 11.8 Å². The van der Waals surface area contributed by atoms with E-state index < -0.39 is 28.0 Å². The lowest BCUT2D eigenvalue weighted by atomic mass is 10.2. The number of benzene rings is 1. The number of nitro groups is 1. The van der Waals surface area contributed by atoms with Crippen molar-refractivity contribution in [3.8, 4) is 11.6 Å². The zero-order valence-electron chi connectivity index (χ0n) is 10.6. The van der Waals surface area contributed by atoms with Gasteiger partial charge in [-0.15, -0.1) is 0 Å². The second-order valence-electron chi connectivity index (χ2n) is 3.92. The predicted molar refractivity (Wildman–Crippen MR) is 67.7 cm³/mol. The molecular weight excluding hydrogens is 288 g/mol. The van der Waals surface area contributed by atoms with E-state index in [9.17, 15) is 18.9 Å². The van der Waals surface area contributed by atoms with Crippen LogP contribution in [0.15, 0.2) is 18.3 Å². The van der Waals surface area contributed by atoms with Crippen LogP contribution < -0.4 is 16.0 Å². The van der Waals surface area contributed by atoms with E-state index in [1.807, 2.05) is 0 Å². The maximum Gasteiger partial charge on any atom is 0.307 e. The van der Waals surface area contributed by atoms with Gasteiger partial charge < -0.3 is 4.74 Å². The van der Waals surface area contributed by atoms with Crippen molar-refractivity contribution in [3.05, 3.63) is 45.6 Å². The highest BCUT2D eigenvalue weighted by Crippen LogP contribution is 2.30. The standard InChI is InChI=1S/C11H9F2N5O3/c1-5-4-15-11(17-14)16-10(5)21-9-3-6(12)8(18(19)20)2-7(9)13/h2-4H,14H2,1H3,(H,15,16,17). The summed E-state index contributed by atoms with van der Waals surface area (Å²) in [6.07, 6.45) is 1.36. The number of hydrogen-bond acceptors (Lipinski definition) is 7. The first-order valence-electron chi connectivity index (χ1n) is 5.54. The zero-order valence-corrected chi connectivity index (χ0v) is 10.6. The van der Waals surface area contributed by atoms with Crippen molar-refractivity contribution in [3.63, 3.8) is 0 Å². The number of aryl methyl sites for hydroxylation is 1. The largest absolute Gasteiger partial charge is 0.435 e. The minimum Gasteiger partial charge on any atom is -0.435 e. The van der Waals surface area contributed by atoms with Gasteiger partial charge in [-0.3, -0.25) is 15.5 Å². The van der Waals surface area contributed by atoms with Crippen LogP contribution in [-0.2, 0) is 0 Å². The number of nitro benzene ring substituents is 1. The zero-order chi connectivity index (χ0) is 15.6. The molecule has 1 aromatic carbocycles. The van der Waals surface area contributed by atoms with Crippen LogP contribution in [0.3, 0.4) is 0 Å². The Kier molecular flexibility index (Phi) is 3.89. The smallest absolute Gasteiger partial charge is 0.307 e. The molecule has 8 nitrogen and oxygen atoms in total. The van der Waals surface area contributed by atoms with Crippen molar-refractivity contribution in [2.75, 3.05) is 5.43 Å². The van der Waals surface area contributed by atoms with E-state index >= 15 is 0 Å². The Morgan fingerprint density at radius 1 is 1.38 bits per heavy atom. The van der Waals surface area contributed by atoms with Crippen LogP contribution >= 0.6 is 0 Å². The molecule has 10 heteroatoms. The number of nitrogen functional groups attached to an aromatic ring is 1. The van der Waals surface area contributed by atoms with Crippen molar-refractivity contribution in [1.29, 1.82) is 0 Å². The van der Waals surface area contributed by atoms with Crippen molar-refractivity contribution in [1.82, 2.24) is 9.97 Å². The summed E-state index contributed by atoms with van der Waals surface area (Å²) in [6, 6.07) is 1.01. The monoisotopic (exact) mass is 297 g/mol. The molecule has 1 aromatic heterocycles. The second-order valence-corrected chi connectivity index (χ2v) is 3.92. The molecule has 0 spiro atoms. The van der Waals surface area contributed by atoms with Gasteiger partial charge in [-0.1, -0.05) is 0 Å². The molecule has 0 unspecified atom stereocenters. The van der Waals surface area contributed by atoms with Gasteiger partial charge in [0.1, 0.15) is 0 Å². The molecule has 3 N–H and O–H groups in total. The Balaban J connectivity index is 2.40. The summed E-state index contributed by atoms with van der Waals surface area (Å²) in [6.45, 7) is 1.58. The van der Waals surface area contributed by atoms with Crippen molar-refractivity contribution in [2.45, 2.75) is 6.92 Å². The average Bonchev–Trinajstić information content (AvgIpc) is 2.44. The summed E-state index contributed by atoms with van der Waals surface area (Å²) in [5.74, 6) is 2.22. The number of ether oxygens (including phenoxy) is 1. The van der Waals surface area contributed by atoms with Gasteiger partial charge in [-0.05, 0) is 6.92 Å². The summed E-state index contributed by atoms with van der Waals surface area (Å²) in [4.78, 5) is 17.1. The quantitative estimate of drug-likeness (QED) is 0.504. The first-order chi connectivity index (χ1) is 9.92. The van der Waals surface area contributed by atoms with Crippen LogP contribution in [0.1, 0.15) is 5.56 Å². The number of aromatic nitrogens is 2. The van der Waals surface area contributed by atoms with Gasteiger partial charge in [-0.25, -0.2) is 15.2 Å².